The number of rotatable bonds is 2. The Morgan fingerprint density at radius 1 is 1.18 bits per heavy atom. The summed E-state index contributed by atoms with van der Waals surface area (Å²) in [7, 11) is 0. The second-order valence-corrected chi connectivity index (χ2v) is 6.74. The van der Waals surface area contributed by atoms with Crippen LogP contribution in [0.4, 0.5) is 18.9 Å². The molecular formula is C19H13ClF3N3O2. The molecule has 0 saturated carbocycles. The molecule has 5 nitrogen and oxygen atoms in total. The van der Waals surface area contributed by atoms with E-state index in [9.17, 15) is 18.0 Å². The Balaban J connectivity index is 1.90. The highest BCUT2D eigenvalue weighted by molar-refractivity contribution is 6.30. The van der Waals surface area contributed by atoms with Gasteiger partial charge in [-0.15, -0.1) is 0 Å². The molecule has 0 fully saturated rings. The van der Waals surface area contributed by atoms with E-state index >= 15 is 0 Å². The average molecular weight is 408 g/mol. The molecule has 9 heteroatoms. The molecule has 0 atom stereocenters. The summed E-state index contributed by atoms with van der Waals surface area (Å²) in [4.78, 5) is 11.6. The molecule has 0 saturated heterocycles. The monoisotopic (exact) mass is 407 g/mol. The zero-order valence-electron chi connectivity index (χ0n) is 14.5. The number of nitrogens with one attached hydrogen (secondary N) is 1. The molecule has 1 aromatic heterocycles. The van der Waals surface area contributed by atoms with Gasteiger partial charge in [-0.25, -0.2) is 4.68 Å². The lowest BCUT2D eigenvalue weighted by molar-refractivity contribution is -0.141. The Labute approximate surface area is 162 Å². The summed E-state index contributed by atoms with van der Waals surface area (Å²) in [5, 5.41) is 6.90. The smallest absolute Gasteiger partial charge is 0.435 e. The van der Waals surface area contributed by atoms with Gasteiger partial charge in [-0.3, -0.25) is 4.79 Å². The fourth-order valence-corrected chi connectivity index (χ4v) is 3.23. The Kier molecular flexibility index (Phi) is 4.30. The number of carbonyl (C=O) groups is 1. The van der Waals surface area contributed by atoms with Gasteiger partial charge in [0.05, 0.1) is 17.1 Å². The molecule has 2 aromatic carbocycles. The van der Waals surface area contributed by atoms with Crippen LogP contribution in [-0.2, 0) is 11.0 Å². The van der Waals surface area contributed by atoms with E-state index in [0.29, 0.717) is 33.3 Å². The summed E-state index contributed by atoms with van der Waals surface area (Å²) in [5.74, 6) is 0.121. The molecule has 3 aromatic rings. The third-order valence-electron chi connectivity index (χ3n) is 4.30. The Bertz CT molecular complexity index is 1090. The Morgan fingerprint density at radius 2 is 1.96 bits per heavy atom. The summed E-state index contributed by atoms with van der Waals surface area (Å²) in [6.45, 7) is 1.63. The van der Waals surface area contributed by atoms with Crippen molar-refractivity contribution in [2.45, 2.75) is 13.1 Å². The van der Waals surface area contributed by atoms with Crippen LogP contribution in [0.3, 0.4) is 0 Å². The summed E-state index contributed by atoms with van der Waals surface area (Å²) in [5.41, 5.74) is 1.17. The minimum Gasteiger partial charge on any atom is -0.482 e. The number of alkyl halides is 3. The van der Waals surface area contributed by atoms with Crippen molar-refractivity contribution in [3.8, 4) is 22.7 Å². The van der Waals surface area contributed by atoms with E-state index in [1.54, 1.807) is 43.3 Å². The molecule has 1 aliphatic rings. The number of carbonyl (C=O) groups excluding carboxylic acids is 1. The van der Waals surface area contributed by atoms with Gasteiger partial charge in [0.25, 0.3) is 5.91 Å². The third kappa shape index (κ3) is 3.31. The number of halogens is 4. The molecule has 144 valence electrons. The fraction of sp³-hybridized carbons (Fsp3) is 0.158. The molecular weight excluding hydrogens is 395 g/mol. The van der Waals surface area contributed by atoms with E-state index < -0.39 is 11.9 Å². The second-order valence-electron chi connectivity index (χ2n) is 6.30. The number of hydrogen-bond donors (Lipinski definition) is 1. The lowest BCUT2D eigenvalue weighted by Gasteiger charge is -2.19. The van der Waals surface area contributed by atoms with E-state index in [1.165, 1.54) is 4.68 Å². The highest BCUT2D eigenvalue weighted by atomic mass is 35.5. The summed E-state index contributed by atoms with van der Waals surface area (Å²) >= 11 is 5.97. The number of aromatic nitrogens is 2. The highest BCUT2D eigenvalue weighted by Crippen LogP contribution is 2.37. The fourth-order valence-electron chi connectivity index (χ4n) is 3.01. The Hall–Kier alpha value is -3.00. The highest BCUT2D eigenvalue weighted by Gasteiger charge is 2.35. The van der Waals surface area contributed by atoms with Crippen LogP contribution in [0.25, 0.3) is 16.9 Å². The van der Waals surface area contributed by atoms with Crippen molar-refractivity contribution in [1.29, 1.82) is 0 Å². The van der Waals surface area contributed by atoms with E-state index in [4.69, 9.17) is 16.3 Å². The standard InChI is InChI=1S/C19H13ClF3N3O2/c1-10-6-12(20)3-4-14(10)26-15(8-17(25-26)19(21,22)23)11-2-5-16-13(7-11)24-18(27)9-28-16/h2-8H,9H2,1H3,(H,24,27). The average Bonchev–Trinajstić information content (AvgIpc) is 3.06. The van der Waals surface area contributed by atoms with Crippen molar-refractivity contribution >= 4 is 23.2 Å². The number of fused-ring (bicyclic) bond motifs is 1. The first kappa shape index (κ1) is 18.4. The van der Waals surface area contributed by atoms with Crippen LogP contribution in [0.5, 0.6) is 5.75 Å². The van der Waals surface area contributed by atoms with E-state index in [1.807, 2.05) is 0 Å². The maximum absolute atomic E-state index is 13.3. The van der Waals surface area contributed by atoms with Gasteiger partial charge in [0.15, 0.2) is 12.3 Å². The van der Waals surface area contributed by atoms with Gasteiger partial charge >= 0.3 is 6.18 Å². The zero-order valence-corrected chi connectivity index (χ0v) is 15.2. The molecule has 4 rings (SSSR count). The molecule has 0 radical (unpaired) electrons. The molecule has 0 spiro atoms. The predicted molar refractivity (Wildman–Crippen MR) is 97.9 cm³/mol. The summed E-state index contributed by atoms with van der Waals surface area (Å²) in [6.07, 6.45) is -4.61. The number of anilines is 1. The van der Waals surface area contributed by atoms with Crippen LogP contribution in [-0.4, -0.2) is 22.3 Å². The van der Waals surface area contributed by atoms with Gasteiger partial charge in [-0.1, -0.05) is 11.6 Å². The van der Waals surface area contributed by atoms with E-state index in [2.05, 4.69) is 10.4 Å². The van der Waals surface area contributed by atoms with Gasteiger partial charge in [0, 0.05) is 10.6 Å². The predicted octanol–water partition coefficient (Wildman–Crippen LogP) is 4.85. The summed E-state index contributed by atoms with van der Waals surface area (Å²) < 4.78 is 46.5. The van der Waals surface area contributed by atoms with Crippen molar-refractivity contribution in [1.82, 2.24) is 9.78 Å². The molecule has 1 amide bonds. The number of aryl methyl sites for hydroxylation is 1. The topological polar surface area (TPSA) is 56.2 Å². The first-order valence-electron chi connectivity index (χ1n) is 8.23. The van der Waals surface area contributed by atoms with Gasteiger partial charge in [-0.05, 0) is 55.0 Å². The largest absolute Gasteiger partial charge is 0.482 e. The SMILES string of the molecule is Cc1cc(Cl)ccc1-n1nc(C(F)(F)F)cc1-c1ccc2c(c1)NC(=O)CO2. The van der Waals surface area contributed by atoms with Gasteiger partial charge in [0.2, 0.25) is 0 Å². The lowest BCUT2D eigenvalue weighted by Crippen LogP contribution is -2.25. The van der Waals surface area contributed by atoms with Crippen molar-refractivity contribution in [2.75, 3.05) is 11.9 Å². The molecule has 2 heterocycles. The van der Waals surface area contributed by atoms with Crippen LogP contribution in [0.15, 0.2) is 42.5 Å². The number of ether oxygens (including phenoxy) is 1. The van der Waals surface area contributed by atoms with Crippen molar-refractivity contribution in [3.63, 3.8) is 0 Å². The number of amides is 1. The quantitative estimate of drug-likeness (QED) is 0.660. The molecule has 0 aliphatic carbocycles. The maximum Gasteiger partial charge on any atom is 0.435 e. The van der Waals surface area contributed by atoms with Crippen LogP contribution >= 0.6 is 11.6 Å². The third-order valence-corrected chi connectivity index (χ3v) is 4.53. The van der Waals surface area contributed by atoms with Crippen molar-refractivity contribution < 1.29 is 22.7 Å². The number of nitrogens with zero attached hydrogens (tertiary/aromatic N) is 2. The molecule has 0 unspecified atom stereocenters. The minimum atomic E-state index is -4.61. The second kappa shape index (κ2) is 6.56. The first-order chi connectivity index (χ1) is 13.2. The Morgan fingerprint density at radius 3 is 2.68 bits per heavy atom. The van der Waals surface area contributed by atoms with Crippen LogP contribution in [0.1, 0.15) is 11.3 Å². The molecule has 28 heavy (non-hydrogen) atoms. The lowest BCUT2D eigenvalue weighted by atomic mass is 10.1. The molecule has 1 N–H and O–H groups in total. The number of hydrogen-bond acceptors (Lipinski definition) is 3. The summed E-state index contributed by atoms with van der Waals surface area (Å²) in [6, 6.07) is 10.6. The normalized spacial score (nSPS) is 13.7. The van der Waals surface area contributed by atoms with Crippen molar-refractivity contribution in [2.24, 2.45) is 0 Å². The van der Waals surface area contributed by atoms with E-state index in [0.717, 1.165) is 6.07 Å². The number of benzene rings is 2. The van der Waals surface area contributed by atoms with Crippen LogP contribution < -0.4 is 10.1 Å². The zero-order chi connectivity index (χ0) is 20.1. The van der Waals surface area contributed by atoms with E-state index in [-0.39, 0.29) is 18.2 Å². The maximum atomic E-state index is 13.3. The van der Waals surface area contributed by atoms with Crippen LogP contribution in [0.2, 0.25) is 5.02 Å². The minimum absolute atomic E-state index is 0.105. The molecule has 1 aliphatic heterocycles. The van der Waals surface area contributed by atoms with Gasteiger partial charge in [0.1, 0.15) is 5.75 Å². The first-order valence-corrected chi connectivity index (χ1v) is 8.61. The molecule has 0 bridgehead atoms. The van der Waals surface area contributed by atoms with Gasteiger partial charge in [-0.2, -0.15) is 18.3 Å². The van der Waals surface area contributed by atoms with Crippen molar-refractivity contribution in [3.05, 3.63) is 58.7 Å². The van der Waals surface area contributed by atoms with Gasteiger partial charge < -0.3 is 10.1 Å². The van der Waals surface area contributed by atoms with Crippen LogP contribution in [0, 0.1) is 6.92 Å².